The largest absolute Gasteiger partial charge is 0.468 e. The smallest absolute Gasteiger partial charge is 0.422 e. The van der Waals surface area contributed by atoms with Gasteiger partial charge < -0.3 is 20.1 Å². The van der Waals surface area contributed by atoms with Crippen molar-refractivity contribution in [2.24, 2.45) is 4.99 Å². The first-order valence-corrected chi connectivity index (χ1v) is 9.19. The Balaban J connectivity index is 2.38. The number of rotatable bonds is 12. The molecule has 0 fully saturated rings. The van der Waals surface area contributed by atoms with E-state index in [0.717, 1.165) is 44.5 Å². The van der Waals surface area contributed by atoms with Gasteiger partial charge >= 0.3 is 6.18 Å². The second-order valence-electron chi connectivity index (χ2n) is 5.85. The van der Waals surface area contributed by atoms with Crippen molar-refractivity contribution >= 4 is 5.96 Å². The number of ether oxygens (including phenoxy) is 2. The first-order chi connectivity index (χ1) is 12.9. The highest BCUT2D eigenvalue weighted by Crippen LogP contribution is 2.17. The second kappa shape index (κ2) is 13.2. The van der Waals surface area contributed by atoms with Crippen LogP contribution in [0.1, 0.15) is 38.7 Å². The summed E-state index contributed by atoms with van der Waals surface area (Å²) in [5.41, 5.74) is 0.773. The van der Waals surface area contributed by atoms with Gasteiger partial charge in [-0.2, -0.15) is 13.2 Å². The third kappa shape index (κ3) is 12.1. The van der Waals surface area contributed by atoms with Crippen LogP contribution in [0.2, 0.25) is 0 Å². The van der Waals surface area contributed by atoms with Crippen LogP contribution in [0.5, 0.6) is 5.88 Å². The molecule has 154 valence electrons. The summed E-state index contributed by atoms with van der Waals surface area (Å²) in [7, 11) is 0. The highest BCUT2D eigenvalue weighted by molar-refractivity contribution is 5.79. The molecule has 0 aliphatic carbocycles. The van der Waals surface area contributed by atoms with Crippen LogP contribution in [-0.4, -0.2) is 50.0 Å². The summed E-state index contributed by atoms with van der Waals surface area (Å²) in [6.45, 7) is 6.06. The van der Waals surface area contributed by atoms with Crippen LogP contribution < -0.4 is 15.4 Å². The summed E-state index contributed by atoms with van der Waals surface area (Å²) in [6, 6.07) is 3.05. The van der Waals surface area contributed by atoms with Crippen molar-refractivity contribution in [1.82, 2.24) is 15.6 Å². The molecule has 1 aromatic heterocycles. The van der Waals surface area contributed by atoms with Gasteiger partial charge in [0, 0.05) is 38.6 Å². The number of hydrogen-bond acceptors (Lipinski definition) is 4. The van der Waals surface area contributed by atoms with E-state index in [1.165, 1.54) is 12.3 Å². The number of guanidine groups is 1. The summed E-state index contributed by atoms with van der Waals surface area (Å²) >= 11 is 0. The van der Waals surface area contributed by atoms with E-state index in [1.807, 2.05) is 6.92 Å². The zero-order chi connectivity index (χ0) is 20.0. The van der Waals surface area contributed by atoms with Crippen LogP contribution in [0, 0.1) is 0 Å². The summed E-state index contributed by atoms with van der Waals surface area (Å²) in [5, 5.41) is 6.36. The summed E-state index contributed by atoms with van der Waals surface area (Å²) in [5.74, 6) is 0.608. The first-order valence-electron chi connectivity index (χ1n) is 9.19. The van der Waals surface area contributed by atoms with E-state index in [1.54, 1.807) is 6.07 Å². The Morgan fingerprint density at radius 3 is 2.56 bits per heavy atom. The molecule has 2 N–H and O–H groups in total. The van der Waals surface area contributed by atoms with Gasteiger partial charge in [0.25, 0.3) is 0 Å². The third-order valence-corrected chi connectivity index (χ3v) is 3.35. The summed E-state index contributed by atoms with van der Waals surface area (Å²) in [4.78, 5) is 8.31. The van der Waals surface area contributed by atoms with Gasteiger partial charge in [0.1, 0.15) is 0 Å². The molecule has 0 unspecified atom stereocenters. The molecule has 0 aliphatic heterocycles. The van der Waals surface area contributed by atoms with Crippen LogP contribution >= 0.6 is 0 Å². The fraction of sp³-hybridized carbons (Fsp3) is 0.667. The molecule has 0 saturated carbocycles. The van der Waals surface area contributed by atoms with Gasteiger partial charge in [-0.25, -0.2) is 9.98 Å². The number of aromatic nitrogens is 1. The number of halogens is 3. The van der Waals surface area contributed by atoms with Crippen LogP contribution in [0.15, 0.2) is 23.3 Å². The van der Waals surface area contributed by atoms with Gasteiger partial charge in [-0.1, -0.05) is 19.4 Å². The van der Waals surface area contributed by atoms with Gasteiger partial charge in [0.2, 0.25) is 5.88 Å². The Kier molecular flexibility index (Phi) is 11.2. The molecule has 1 heterocycles. The third-order valence-electron chi connectivity index (χ3n) is 3.35. The van der Waals surface area contributed by atoms with E-state index in [4.69, 9.17) is 4.74 Å². The molecule has 27 heavy (non-hydrogen) atoms. The maximum atomic E-state index is 12.1. The van der Waals surface area contributed by atoms with Crippen LogP contribution in [-0.2, 0) is 11.3 Å². The number of nitrogens with one attached hydrogen (secondary N) is 2. The van der Waals surface area contributed by atoms with E-state index < -0.39 is 12.8 Å². The van der Waals surface area contributed by atoms with Gasteiger partial charge in [-0.15, -0.1) is 0 Å². The Labute approximate surface area is 158 Å². The highest BCUT2D eigenvalue weighted by Gasteiger charge is 2.28. The molecule has 1 aromatic rings. The predicted octanol–water partition coefficient (Wildman–Crippen LogP) is 3.28. The zero-order valence-electron chi connectivity index (χ0n) is 15.9. The molecule has 0 aromatic carbocycles. The summed E-state index contributed by atoms with van der Waals surface area (Å²) in [6.07, 6.45) is 0.157. The highest BCUT2D eigenvalue weighted by atomic mass is 19.4. The molecule has 0 aliphatic rings. The van der Waals surface area contributed by atoms with E-state index in [-0.39, 0.29) is 5.88 Å². The van der Waals surface area contributed by atoms with Gasteiger partial charge in [-0.05, 0) is 25.3 Å². The van der Waals surface area contributed by atoms with E-state index >= 15 is 0 Å². The van der Waals surface area contributed by atoms with Crippen molar-refractivity contribution in [3.63, 3.8) is 0 Å². The molecule has 0 spiro atoms. The molecule has 0 bridgehead atoms. The molecule has 0 atom stereocenters. The minimum atomic E-state index is -4.38. The number of alkyl halides is 3. The molecular weight excluding hydrogens is 361 g/mol. The Morgan fingerprint density at radius 2 is 1.93 bits per heavy atom. The van der Waals surface area contributed by atoms with Crippen LogP contribution in [0.25, 0.3) is 0 Å². The Hall–Kier alpha value is -2.03. The average molecular weight is 390 g/mol. The molecule has 9 heteroatoms. The minimum absolute atomic E-state index is 0.0619. The predicted molar refractivity (Wildman–Crippen MR) is 98.9 cm³/mol. The number of hydrogen-bond donors (Lipinski definition) is 2. The van der Waals surface area contributed by atoms with Crippen molar-refractivity contribution in [1.29, 1.82) is 0 Å². The minimum Gasteiger partial charge on any atom is -0.468 e. The maximum absolute atomic E-state index is 12.1. The lowest BCUT2D eigenvalue weighted by atomic mass is 10.3. The molecule has 0 amide bonds. The topological polar surface area (TPSA) is 67.8 Å². The van der Waals surface area contributed by atoms with Crippen molar-refractivity contribution in [2.45, 2.75) is 45.8 Å². The number of nitrogens with zero attached hydrogens (tertiary/aromatic N) is 2. The fourth-order valence-corrected chi connectivity index (χ4v) is 1.99. The lowest BCUT2D eigenvalue weighted by Gasteiger charge is -2.11. The standard InChI is InChI=1S/C18H29F3N4O2/c1-3-5-10-26-11-6-9-23-17(22-4-2)25-13-15-7-8-16(24-12-15)27-14-18(19,20)21/h7-8,12H,3-6,9-11,13-14H2,1-2H3,(H2,22,23,25). The molecular formula is C18H29F3N4O2. The molecule has 0 radical (unpaired) electrons. The van der Waals surface area contributed by atoms with Crippen LogP contribution in [0.4, 0.5) is 13.2 Å². The Bertz CT molecular complexity index is 536. The van der Waals surface area contributed by atoms with Crippen molar-refractivity contribution in [3.05, 3.63) is 23.9 Å². The van der Waals surface area contributed by atoms with Gasteiger partial charge in [0.15, 0.2) is 12.6 Å². The average Bonchev–Trinajstić information content (AvgIpc) is 2.64. The fourth-order valence-electron chi connectivity index (χ4n) is 1.99. The molecule has 1 rings (SSSR count). The summed E-state index contributed by atoms with van der Waals surface area (Å²) < 4.78 is 46.4. The van der Waals surface area contributed by atoms with Crippen molar-refractivity contribution in [3.8, 4) is 5.88 Å². The van der Waals surface area contributed by atoms with E-state index in [2.05, 4.69) is 32.3 Å². The molecule has 6 nitrogen and oxygen atoms in total. The molecule has 0 saturated heterocycles. The van der Waals surface area contributed by atoms with Crippen molar-refractivity contribution < 1.29 is 22.6 Å². The quantitative estimate of drug-likeness (QED) is 0.326. The normalized spacial score (nSPS) is 12.1. The van der Waals surface area contributed by atoms with E-state index in [9.17, 15) is 13.2 Å². The number of pyridine rings is 1. The number of aliphatic imine (C=N–C) groups is 1. The van der Waals surface area contributed by atoms with Gasteiger partial charge in [-0.3, -0.25) is 0 Å². The van der Waals surface area contributed by atoms with Crippen LogP contribution in [0.3, 0.4) is 0 Å². The SMILES string of the molecule is CCCCOCCCNC(=NCc1ccc(OCC(F)(F)F)nc1)NCC. The van der Waals surface area contributed by atoms with Crippen molar-refractivity contribution in [2.75, 3.05) is 32.9 Å². The second-order valence-corrected chi connectivity index (χ2v) is 5.85. The number of unbranched alkanes of at least 4 members (excludes halogenated alkanes) is 1. The monoisotopic (exact) mass is 390 g/mol. The lowest BCUT2D eigenvalue weighted by Crippen LogP contribution is -2.38. The zero-order valence-corrected chi connectivity index (χ0v) is 15.9. The van der Waals surface area contributed by atoms with Gasteiger partial charge in [0.05, 0.1) is 6.54 Å². The lowest BCUT2D eigenvalue weighted by molar-refractivity contribution is -0.154. The first kappa shape index (κ1) is 23.0. The van der Waals surface area contributed by atoms with E-state index in [0.29, 0.717) is 19.1 Å². The Morgan fingerprint density at radius 1 is 1.15 bits per heavy atom. The maximum Gasteiger partial charge on any atom is 0.422 e.